The first-order valence-corrected chi connectivity index (χ1v) is 24.7. The summed E-state index contributed by atoms with van der Waals surface area (Å²) in [5.41, 5.74) is 0. The molecule has 0 rings (SSSR count). The molecule has 0 unspecified atom stereocenters. The molecule has 0 aliphatic rings. The first-order valence-electron chi connectivity index (χ1n) is 11.5. The summed E-state index contributed by atoms with van der Waals surface area (Å²) in [6, 6.07) is 0. The Morgan fingerprint density at radius 1 is 0.214 bits per heavy atom. The molecule has 0 aromatic rings. The molecule has 0 saturated carbocycles. The van der Waals surface area contributed by atoms with Crippen molar-refractivity contribution in [3.63, 3.8) is 0 Å². The van der Waals surface area contributed by atoms with E-state index in [0.29, 0.717) is 0 Å². The zero-order valence-electron chi connectivity index (χ0n) is 22.6. The zero-order valence-corrected chi connectivity index (χ0v) is 34.0. The fourth-order valence-electron chi connectivity index (χ4n) is 2.67. The van der Waals surface area contributed by atoms with E-state index in [1.54, 1.807) is 0 Å². The zero-order chi connectivity index (χ0) is 23.4. The van der Waals surface area contributed by atoms with Gasteiger partial charge in [-0.2, -0.15) is 0 Å². The molecule has 0 bridgehead atoms. The SMILES string of the molecule is C[CH](C)[Sn][CH](C)C.C[CH](C)[Sn][CH](C)C.C[CH](C)[Sn][CH](C)C.C[CH](C)[Sn][CH](C)C. The molecule has 0 nitrogen and oxygen atoms in total. The van der Waals surface area contributed by atoms with Gasteiger partial charge in [0.05, 0.1) is 0 Å². The fraction of sp³-hybridized carbons (Fsp3) is 1.00. The quantitative estimate of drug-likeness (QED) is 0.214. The fourth-order valence-corrected chi connectivity index (χ4v) is 17.9. The molecule has 4 heteroatoms. The van der Waals surface area contributed by atoms with Gasteiger partial charge in [-0.1, -0.05) is 0 Å². The van der Waals surface area contributed by atoms with Crippen LogP contribution in [0.25, 0.3) is 0 Å². The van der Waals surface area contributed by atoms with Crippen molar-refractivity contribution < 1.29 is 0 Å². The molecule has 0 fully saturated rings. The molecule has 0 aliphatic carbocycles. The topological polar surface area (TPSA) is 0 Å². The molecular formula is C24H56Sn4. The van der Waals surface area contributed by atoms with Crippen LogP contribution in [0.5, 0.6) is 0 Å². The minimum atomic E-state index is 0.0389. The number of rotatable bonds is 8. The molecule has 28 heavy (non-hydrogen) atoms. The van der Waals surface area contributed by atoms with Crippen LogP contribution >= 0.6 is 0 Å². The second-order valence-corrected chi connectivity index (χ2v) is 40.1. The van der Waals surface area contributed by atoms with Gasteiger partial charge in [0.25, 0.3) is 0 Å². The third-order valence-electron chi connectivity index (χ3n) is 2.67. The Hall–Kier alpha value is 3.19. The van der Waals surface area contributed by atoms with Gasteiger partial charge in [-0.25, -0.2) is 0 Å². The van der Waals surface area contributed by atoms with E-state index in [9.17, 15) is 0 Å². The van der Waals surface area contributed by atoms with E-state index in [4.69, 9.17) is 0 Å². The molecular weight excluding hydrogens is 763 g/mol. The van der Waals surface area contributed by atoms with E-state index in [-0.39, 0.29) is 84.6 Å². The van der Waals surface area contributed by atoms with E-state index >= 15 is 0 Å². The summed E-state index contributed by atoms with van der Waals surface area (Å²) >= 11 is 0.156. The van der Waals surface area contributed by atoms with Gasteiger partial charge < -0.3 is 0 Å². The van der Waals surface area contributed by atoms with Gasteiger partial charge in [-0.05, 0) is 0 Å². The Balaban J connectivity index is -0.000000137. The number of hydrogen-bond donors (Lipinski definition) is 0. The second kappa shape index (κ2) is 26.4. The molecule has 8 radical (unpaired) electrons. The van der Waals surface area contributed by atoms with Crippen molar-refractivity contribution in [1.82, 2.24) is 0 Å². The van der Waals surface area contributed by atoms with Crippen LogP contribution in [0.15, 0.2) is 0 Å². The summed E-state index contributed by atoms with van der Waals surface area (Å²) in [4.78, 5) is 0. The maximum atomic E-state index is 2.34. The van der Waals surface area contributed by atoms with Gasteiger partial charge in [-0.3, -0.25) is 0 Å². The van der Waals surface area contributed by atoms with Crippen LogP contribution < -0.4 is 0 Å². The maximum absolute atomic E-state index is 2.34. The van der Waals surface area contributed by atoms with Crippen molar-refractivity contribution >= 4 is 84.6 Å². The normalized spacial score (nSPS) is 11.1. The van der Waals surface area contributed by atoms with Crippen molar-refractivity contribution in [3.05, 3.63) is 0 Å². The van der Waals surface area contributed by atoms with Gasteiger partial charge in [0.15, 0.2) is 0 Å². The Morgan fingerprint density at radius 3 is 0.286 bits per heavy atom. The average Bonchev–Trinajstić information content (AvgIpc) is 2.32. The van der Waals surface area contributed by atoms with Crippen LogP contribution in [-0.2, 0) is 0 Å². The summed E-state index contributed by atoms with van der Waals surface area (Å²) in [5.74, 6) is 0. The molecule has 0 aliphatic heterocycles. The monoisotopic (exact) mass is 824 g/mol. The van der Waals surface area contributed by atoms with Crippen LogP contribution in [0.4, 0.5) is 0 Å². The van der Waals surface area contributed by atoms with E-state index in [1.165, 1.54) is 0 Å². The predicted molar refractivity (Wildman–Crippen MR) is 144 cm³/mol. The molecule has 0 atom stereocenters. The Labute approximate surface area is 224 Å². The second-order valence-electron chi connectivity index (χ2n) is 9.90. The van der Waals surface area contributed by atoms with E-state index in [2.05, 4.69) is 111 Å². The predicted octanol–water partition coefficient (Wildman–Crippen LogP) is 9.39. The summed E-state index contributed by atoms with van der Waals surface area (Å²) < 4.78 is 8.36. The third kappa shape index (κ3) is 63.0. The standard InChI is InChI=1S/8C3H7.4Sn/c8*1-3-2;;;;/h8*3H,1-2H3;;;;. The summed E-state index contributed by atoms with van der Waals surface area (Å²) in [6.07, 6.45) is 0. The molecule has 0 saturated heterocycles. The molecule has 0 spiro atoms. The van der Waals surface area contributed by atoms with Crippen molar-refractivity contribution in [2.45, 2.75) is 142 Å². The van der Waals surface area contributed by atoms with Gasteiger partial charge in [0.1, 0.15) is 0 Å². The van der Waals surface area contributed by atoms with Crippen molar-refractivity contribution in [3.8, 4) is 0 Å². The minimum absolute atomic E-state index is 0.0389. The molecule has 0 aromatic heterocycles. The molecule has 168 valence electrons. The summed E-state index contributed by atoms with van der Waals surface area (Å²) in [7, 11) is 0. The summed E-state index contributed by atoms with van der Waals surface area (Å²) in [6.45, 7) is 37.4. The third-order valence-corrected chi connectivity index (χ3v) is 17.9. The number of hydrogen-bond acceptors (Lipinski definition) is 0. The van der Waals surface area contributed by atoms with Crippen LogP contribution in [0.3, 0.4) is 0 Å². The van der Waals surface area contributed by atoms with Crippen LogP contribution in [-0.4, -0.2) is 84.6 Å². The first kappa shape index (κ1) is 38.5. The van der Waals surface area contributed by atoms with Gasteiger partial charge in [0.2, 0.25) is 0 Å². The van der Waals surface area contributed by atoms with Crippen molar-refractivity contribution in [2.75, 3.05) is 0 Å². The van der Waals surface area contributed by atoms with Crippen molar-refractivity contribution in [2.24, 2.45) is 0 Å². The Morgan fingerprint density at radius 2 is 0.286 bits per heavy atom. The molecule has 0 aromatic carbocycles. The molecule has 0 amide bonds. The van der Waals surface area contributed by atoms with E-state index < -0.39 is 0 Å². The van der Waals surface area contributed by atoms with Crippen LogP contribution in [0, 0.1) is 0 Å². The Bertz CT molecular complexity index is 190. The van der Waals surface area contributed by atoms with Crippen LogP contribution in [0.2, 0.25) is 31.5 Å². The molecule has 0 heterocycles. The van der Waals surface area contributed by atoms with E-state index in [1.807, 2.05) is 0 Å². The van der Waals surface area contributed by atoms with Crippen LogP contribution in [0.1, 0.15) is 111 Å². The average molecular weight is 820 g/mol. The molecule has 0 N–H and O–H groups in total. The first-order chi connectivity index (χ1) is 12.5. The van der Waals surface area contributed by atoms with E-state index in [0.717, 1.165) is 31.5 Å². The van der Waals surface area contributed by atoms with Crippen molar-refractivity contribution in [1.29, 1.82) is 0 Å². The Kier molecular flexibility index (Phi) is 36.3. The van der Waals surface area contributed by atoms with Gasteiger partial charge >= 0.3 is 227 Å². The van der Waals surface area contributed by atoms with Gasteiger partial charge in [-0.15, -0.1) is 0 Å². The van der Waals surface area contributed by atoms with Gasteiger partial charge in [0, 0.05) is 0 Å². The summed E-state index contributed by atoms with van der Waals surface area (Å²) in [5, 5.41) is 0.